The number of aliphatic hydroxyl groups is 1. The van der Waals surface area contributed by atoms with Crippen molar-refractivity contribution in [2.75, 3.05) is 13.2 Å². The lowest BCUT2D eigenvalue weighted by molar-refractivity contribution is -0.00403. The molecule has 0 aromatic carbocycles. The molecule has 2 fully saturated rings. The molecule has 18 heavy (non-hydrogen) atoms. The minimum absolute atomic E-state index is 0.00297. The molecule has 0 amide bonds. The molecular formula is C14H22N2O2. The zero-order valence-electron chi connectivity index (χ0n) is 11.0. The zero-order chi connectivity index (χ0) is 12.6. The van der Waals surface area contributed by atoms with E-state index in [4.69, 9.17) is 4.74 Å². The number of hydrogen-bond acceptors (Lipinski definition) is 3. The molecule has 0 radical (unpaired) electrons. The molecule has 1 saturated carbocycles. The average Bonchev–Trinajstić information content (AvgIpc) is 2.99. The molecule has 4 heteroatoms. The van der Waals surface area contributed by atoms with E-state index in [1.54, 1.807) is 0 Å². The van der Waals surface area contributed by atoms with Crippen LogP contribution in [0.25, 0.3) is 0 Å². The van der Waals surface area contributed by atoms with Crippen LogP contribution in [0.1, 0.15) is 31.2 Å². The first-order valence-electron chi connectivity index (χ1n) is 6.93. The standard InChI is InChI=1S/C14H22N2O2/c1-16-9-11(8-15-16)4-5-14(10-17)6-7-18-13(14)12-2-3-12/h8-9,12-13,17H,2-7,10H2,1H3. The van der Waals surface area contributed by atoms with Crippen LogP contribution >= 0.6 is 0 Å². The van der Waals surface area contributed by atoms with Gasteiger partial charge in [-0.2, -0.15) is 5.10 Å². The summed E-state index contributed by atoms with van der Waals surface area (Å²) in [5.74, 6) is 0.702. The molecular weight excluding hydrogens is 228 g/mol. The van der Waals surface area contributed by atoms with Crippen LogP contribution in [0.3, 0.4) is 0 Å². The van der Waals surface area contributed by atoms with E-state index in [0.29, 0.717) is 12.0 Å². The van der Waals surface area contributed by atoms with Crippen LogP contribution in [-0.4, -0.2) is 34.2 Å². The van der Waals surface area contributed by atoms with Crippen molar-refractivity contribution in [1.82, 2.24) is 9.78 Å². The van der Waals surface area contributed by atoms with Crippen molar-refractivity contribution in [3.8, 4) is 0 Å². The van der Waals surface area contributed by atoms with E-state index in [0.717, 1.165) is 25.9 Å². The monoisotopic (exact) mass is 250 g/mol. The molecule has 100 valence electrons. The fraction of sp³-hybridized carbons (Fsp3) is 0.786. The van der Waals surface area contributed by atoms with E-state index in [1.807, 2.05) is 17.9 Å². The van der Waals surface area contributed by atoms with Gasteiger partial charge in [-0.1, -0.05) is 0 Å². The summed E-state index contributed by atoms with van der Waals surface area (Å²) in [5, 5.41) is 14.0. The molecule has 4 nitrogen and oxygen atoms in total. The second-order valence-corrected chi connectivity index (χ2v) is 5.92. The quantitative estimate of drug-likeness (QED) is 0.862. The first-order chi connectivity index (χ1) is 8.73. The molecule has 2 heterocycles. The summed E-state index contributed by atoms with van der Waals surface area (Å²) in [6.07, 6.45) is 9.83. The predicted octanol–water partition coefficient (Wildman–Crippen LogP) is 1.53. The van der Waals surface area contributed by atoms with E-state index in [2.05, 4.69) is 11.3 Å². The first-order valence-corrected chi connectivity index (χ1v) is 6.93. The predicted molar refractivity (Wildman–Crippen MR) is 68.1 cm³/mol. The summed E-state index contributed by atoms with van der Waals surface area (Å²) in [6.45, 7) is 1.07. The Kier molecular flexibility index (Phi) is 3.16. The lowest BCUT2D eigenvalue weighted by atomic mass is 9.75. The topological polar surface area (TPSA) is 47.3 Å². The van der Waals surface area contributed by atoms with Crippen molar-refractivity contribution in [1.29, 1.82) is 0 Å². The molecule has 2 aliphatic rings. The van der Waals surface area contributed by atoms with Crippen molar-refractivity contribution in [3.05, 3.63) is 18.0 Å². The summed E-state index contributed by atoms with van der Waals surface area (Å²) in [5.41, 5.74) is 1.25. The van der Waals surface area contributed by atoms with Gasteiger partial charge in [0.1, 0.15) is 0 Å². The fourth-order valence-electron chi connectivity index (χ4n) is 3.25. The third kappa shape index (κ3) is 2.19. The van der Waals surface area contributed by atoms with Crippen LogP contribution in [0.5, 0.6) is 0 Å². The van der Waals surface area contributed by atoms with Crippen LogP contribution in [-0.2, 0) is 18.2 Å². The molecule has 2 atom stereocenters. The normalized spacial score (nSPS) is 32.0. The average molecular weight is 250 g/mol. The maximum atomic E-state index is 9.85. The highest BCUT2D eigenvalue weighted by Crippen LogP contribution is 2.49. The number of hydrogen-bond donors (Lipinski definition) is 1. The first kappa shape index (κ1) is 12.2. The number of aliphatic hydroxyl groups excluding tert-OH is 1. The summed E-state index contributed by atoms with van der Waals surface area (Å²) >= 11 is 0. The number of ether oxygens (including phenoxy) is 1. The molecule has 1 aliphatic heterocycles. The fourth-order valence-corrected chi connectivity index (χ4v) is 3.25. The van der Waals surface area contributed by atoms with E-state index < -0.39 is 0 Å². The zero-order valence-corrected chi connectivity index (χ0v) is 11.0. The van der Waals surface area contributed by atoms with Gasteiger partial charge in [0.2, 0.25) is 0 Å². The van der Waals surface area contributed by atoms with E-state index >= 15 is 0 Å². The maximum absolute atomic E-state index is 9.85. The van der Waals surface area contributed by atoms with Gasteiger partial charge in [0.25, 0.3) is 0 Å². The number of aromatic nitrogens is 2. The number of rotatable bonds is 5. The Morgan fingerprint density at radius 2 is 2.39 bits per heavy atom. The third-order valence-corrected chi connectivity index (χ3v) is 4.54. The summed E-state index contributed by atoms with van der Waals surface area (Å²) in [6, 6.07) is 0. The van der Waals surface area contributed by atoms with Gasteiger partial charge in [0.05, 0.1) is 18.9 Å². The van der Waals surface area contributed by atoms with Gasteiger partial charge < -0.3 is 9.84 Å². The van der Waals surface area contributed by atoms with Gasteiger partial charge in [-0.15, -0.1) is 0 Å². The van der Waals surface area contributed by atoms with Crippen molar-refractivity contribution in [2.45, 2.75) is 38.2 Å². The molecule has 1 aromatic heterocycles. The van der Waals surface area contributed by atoms with Crippen LogP contribution < -0.4 is 0 Å². The largest absolute Gasteiger partial charge is 0.396 e. The van der Waals surface area contributed by atoms with E-state index in [9.17, 15) is 5.11 Å². The van der Waals surface area contributed by atoms with Crippen LogP contribution in [0.4, 0.5) is 0 Å². The number of nitrogens with zero attached hydrogens (tertiary/aromatic N) is 2. The Morgan fingerprint density at radius 3 is 3.00 bits per heavy atom. The highest BCUT2D eigenvalue weighted by molar-refractivity contribution is 5.07. The van der Waals surface area contributed by atoms with Crippen molar-refractivity contribution < 1.29 is 9.84 Å². The summed E-state index contributed by atoms with van der Waals surface area (Å²) in [4.78, 5) is 0. The van der Waals surface area contributed by atoms with Crippen molar-refractivity contribution >= 4 is 0 Å². The van der Waals surface area contributed by atoms with Gasteiger partial charge in [-0.05, 0) is 43.6 Å². The summed E-state index contributed by atoms with van der Waals surface area (Å²) in [7, 11) is 1.94. The van der Waals surface area contributed by atoms with Gasteiger partial charge in [-0.25, -0.2) is 0 Å². The molecule has 0 spiro atoms. The second kappa shape index (κ2) is 4.67. The Hall–Kier alpha value is -0.870. The lowest BCUT2D eigenvalue weighted by Crippen LogP contribution is -2.36. The van der Waals surface area contributed by atoms with Gasteiger partial charge in [0.15, 0.2) is 0 Å². The minimum Gasteiger partial charge on any atom is -0.396 e. The van der Waals surface area contributed by atoms with E-state index in [-0.39, 0.29) is 12.0 Å². The second-order valence-electron chi connectivity index (χ2n) is 5.92. The molecule has 0 bridgehead atoms. The molecule has 1 aliphatic carbocycles. The van der Waals surface area contributed by atoms with Crippen molar-refractivity contribution in [3.63, 3.8) is 0 Å². The van der Waals surface area contributed by atoms with Gasteiger partial charge >= 0.3 is 0 Å². The molecule has 1 N–H and O–H groups in total. The molecule has 1 aromatic rings. The highest BCUT2D eigenvalue weighted by atomic mass is 16.5. The Morgan fingerprint density at radius 1 is 1.56 bits per heavy atom. The molecule has 2 unspecified atom stereocenters. The van der Waals surface area contributed by atoms with E-state index in [1.165, 1.54) is 18.4 Å². The van der Waals surface area contributed by atoms with Crippen molar-refractivity contribution in [2.24, 2.45) is 18.4 Å². The van der Waals surface area contributed by atoms with Crippen LogP contribution in [0.15, 0.2) is 12.4 Å². The Balaban J connectivity index is 1.67. The lowest BCUT2D eigenvalue weighted by Gasteiger charge is -2.32. The van der Waals surface area contributed by atoms with Gasteiger partial charge in [0, 0.05) is 25.3 Å². The van der Waals surface area contributed by atoms with Gasteiger partial charge in [-0.3, -0.25) is 4.68 Å². The summed E-state index contributed by atoms with van der Waals surface area (Å²) < 4.78 is 7.73. The highest BCUT2D eigenvalue weighted by Gasteiger charge is 2.50. The SMILES string of the molecule is Cn1cc(CCC2(CO)CCOC2C2CC2)cn1. The van der Waals surface area contributed by atoms with Crippen LogP contribution in [0.2, 0.25) is 0 Å². The maximum Gasteiger partial charge on any atom is 0.0682 e. The Bertz CT molecular complexity index is 414. The smallest absolute Gasteiger partial charge is 0.0682 e. The molecule has 3 rings (SSSR count). The molecule has 1 saturated heterocycles. The number of aryl methyl sites for hydroxylation is 2. The Labute approximate surface area is 108 Å². The minimum atomic E-state index is -0.00297. The third-order valence-electron chi connectivity index (χ3n) is 4.54. The van der Waals surface area contributed by atoms with Crippen LogP contribution in [0, 0.1) is 11.3 Å².